The molecule has 1 heterocycles. The Morgan fingerprint density at radius 3 is 2.16 bits per heavy atom. The summed E-state index contributed by atoms with van der Waals surface area (Å²) in [7, 11) is 0. The molecule has 4 atom stereocenters. The van der Waals surface area contributed by atoms with Crippen LogP contribution in [-0.4, -0.2) is 81.0 Å². The van der Waals surface area contributed by atoms with Crippen molar-refractivity contribution in [2.75, 3.05) is 12.0 Å². The molecular formula is C29H36N6O7S. The molecule has 0 fully saturated rings. The molecule has 230 valence electrons. The highest BCUT2D eigenvalue weighted by Crippen LogP contribution is 2.20. The van der Waals surface area contributed by atoms with Crippen LogP contribution < -0.4 is 27.4 Å². The summed E-state index contributed by atoms with van der Waals surface area (Å²) in [5.74, 6) is -3.74. The summed E-state index contributed by atoms with van der Waals surface area (Å²) < 4.78 is 0. The molecule has 0 spiro atoms. The van der Waals surface area contributed by atoms with E-state index >= 15 is 0 Å². The van der Waals surface area contributed by atoms with Crippen LogP contribution in [0.2, 0.25) is 0 Å². The number of carboxylic acid groups (broad SMARTS) is 1. The monoisotopic (exact) mass is 612 g/mol. The van der Waals surface area contributed by atoms with Gasteiger partial charge in [0.15, 0.2) is 0 Å². The third-order valence-corrected chi connectivity index (χ3v) is 7.37. The van der Waals surface area contributed by atoms with E-state index in [9.17, 15) is 34.2 Å². The quantitative estimate of drug-likeness (QED) is 0.110. The number of thioether (sulfide) groups is 1. The molecule has 14 heteroatoms. The number of carbonyl (C=O) groups excluding carboxylic acids is 4. The van der Waals surface area contributed by atoms with Crippen molar-refractivity contribution >= 4 is 52.3 Å². The molecule has 0 aliphatic heterocycles. The lowest BCUT2D eigenvalue weighted by molar-refractivity contribution is -0.142. The van der Waals surface area contributed by atoms with Gasteiger partial charge in [-0.2, -0.15) is 11.8 Å². The molecule has 0 aliphatic rings. The number of H-pyrrole nitrogens is 1. The highest BCUT2D eigenvalue weighted by molar-refractivity contribution is 7.98. The first-order valence-electron chi connectivity index (χ1n) is 13.5. The molecule has 43 heavy (non-hydrogen) atoms. The maximum atomic E-state index is 13.6. The predicted octanol–water partition coefficient (Wildman–Crippen LogP) is 0.154. The second-order valence-electron chi connectivity index (χ2n) is 10.0. The Balaban J connectivity index is 1.85. The van der Waals surface area contributed by atoms with Gasteiger partial charge in [0, 0.05) is 29.9 Å². The number of aromatic nitrogens is 1. The number of hydrogen-bond donors (Lipinski definition) is 8. The molecule has 0 saturated heterocycles. The van der Waals surface area contributed by atoms with Crippen molar-refractivity contribution in [2.24, 2.45) is 11.5 Å². The van der Waals surface area contributed by atoms with Gasteiger partial charge in [-0.05, 0) is 47.8 Å². The molecule has 2 aromatic carbocycles. The van der Waals surface area contributed by atoms with Gasteiger partial charge in [0.25, 0.3) is 0 Å². The minimum absolute atomic E-state index is 0.0114. The van der Waals surface area contributed by atoms with E-state index in [0.29, 0.717) is 16.9 Å². The van der Waals surface area contributed by atoms with Gasteiger partial charge in [-0.3, -0.25) is 19.2 Å². The number of benzene rings is 2. The number of para-hydroxylation sites is 1. The van der Waals surface area contributed by atoms with Gasteiger partial charge in [-0.1, -0.05) is 30.3 Å². The molecule has 0 bridgehead atoms. The Kier molecular flexibility index (Phi) is 12.0. The maximum absolute atomic E-state index is 13.6. The van der Waals surface area contributed by atoms with Gasteiger partial charge in [-0.25, -0.2) is 4.79 Å². The number of rotatable bonds is 16. The van der Waals surface area contributed by atoms with Crippen LogP contribution in [0, 0.1) is 0 Å². The molecule has 10 N–H and O–H groups in total. The summed E-state index contributed by atoms with van der Waals surface area (Å²) in [5.41, 5.74) is 13.0. The molecule has 3 aromatic rings. The number of nitrogens with one attached hydrogen (secondary N) is 4. The van der Waals surface area contributed by atoms with Crippen LogP contribution in [0.15, 0.2) is 54.7 Å². The van der Waals surface area contributed by atoms with Gasteiger partial charge in [0.2, 0.25) is 23.6 Å². The molecule has 1 aromatic heterocycles. The smallest absolute Gasteiger partial charge is 0.326 e. The largest absolute Gasteiger partial charge is 0.508 e. The number of phenolic OH excluding ortho intramolecular Hbond substituents is 1. The lowest BCUT2D eigenvalue weighted by Gasteiger charge is -2.25. The van der Waals surface area contributed by atoms with Crippen molar-refractivity contribution in [1.82, 2.24) is 20.9 Å². The SMILES string of the molecule is CSCCC(NC(=O)C(N)CC(N)=O)C(=O)NC(Cc1c[nH]c2ccccc12)C(=O)NC(Cc1ccc(O)cc1)C(=O)O. The van der Waals surface area contributed by atoms with Crippen molar-refractivity contribution in [3.05, 3.63) is 65.9 Å². The first-order valence-corrected chi connectivity index (χ1v) is 14.9. The summed E-state index contributed by atoms with van der Waals surface area (Å²) >= 11 is 1.44. The van der Waals surface area contributed by atoms with Crippen LogP contribution >= 0.6 is 11.8 Å². The molecule has 0 saturated carbocycles. The average molecular weight is 613 g/mol. The van der Waals surface area contributed by atoms with Crippen LogP contribution in [0.4, 0.5) is 0 Å². The summed E-state index contributed by atoms with van der Waals surface area (Å²) in [6, 6.07) is 8.38. The topological polar surface area (TPSA) is 230 Å². The zero-order chi connectivity index (χ0) is 31.5. The Labute approximate surface area is 252 Å². The fourth-order valence-electron chi connectivity index (χ4n) is 4.43. The van der Waals surface area contributed by atoms with Crippen LogP contribution in [0.3, 0.4) is 0 Å². The highest BCUT2D eigenvalue weighted by atomic mass is 32.2. The van der Waals surface area contributed by atoms with Crippen molar-refractivity contribution in [3.8, 4) is 5.75 Å². The molecule has 4 unspecified atom stereocenters. The third kappa shape index (κ3) is 9.75. The van der Waals surface area contributed by atoms with Crippen molar-refractivity contribution < 1.29 is 34.2 Å². The Morgan fingerprint density at radius 1 is 0.884 bits per heavy atom. The number of hydrogen-bond acceptors (Lipinski definition) is 8. The summed E-state index contributed by atoms with van der Waals surface area (Å²) in [4.78, 5) is 66.1. The number of nitrogens with two attached hydrogens (primary N) is 2. The number of amides is 4. The number of primary amides is 1. The van der Waals surface area contributed by atoms with Crippen molar-refractivity contribution in [2.45, 2.75) is 49.9 Å². The first-order chi connectivity index (χ1) is 20.5. The first kappa shape index (κ1) is 32.9. The van der Waals surface area contributed by atoms with Gasteiger partial charge in [0.1, 0.15) is 23.9 Å². The molecular weight excluding hydrogens is 576 g/mol. The number of carbonyl (C=O) groups is 5. The van der Waals surface area contributed by atoms with Crippen molar-refractivity contribution in [1.29, 1.82) is 0 Å². The fraction of sp³-hybridized carbons (Fsp3) is 0.345. The Hall–Kier alpha value is -4.56. The van der Waals surface area contributed by atoms with Crippen LogP contribution in [0.5, 0.6) is 5.75 Å². The number of carboxylic acids is 1. The van der Waals surface area contributed by atoms with Gasteiger partial charge >= 0.3 is 5.97 Å². The minimum Gasteiger partial charge on any atom is -0.508 e. The van der Waals surface area contributed by atoms with E-state index in [-0.39, 0.29) is 25.0 Å². The fourth-order valence-corrected chi connectivity index (χ4v) is 4.91. The third-order valence-electron chi connectivity index (χ3n) is 6.72. The zero-order valence-corrected chi connectivity index (χ0v) is 24.4. The molecule has 4 amide bonds. The molecule has 13 nitrogen and oxygen atoms in total. The van der Waals surface area contributed by atoms with E-state index in [1.54, 1.807) is 18.3 Å². The number of aliphatic carboxylic acids is 1. The second kappa shape index (κ2) is 15.6. The van der Waals surface area contributed by atoms with E-state index < -0.39 is 60.2 Å². The Bertz CT molecular complexity index is 1440. The average Bonchev–Trinajstić information content (AvgIpc) is 3.37. The Morgan fingerprint density at radius 2 is 1.51 bits per heavy atom. The zero-order valence-electron chi connectivity index (χ0n) is 23.5. The summed E-state index contributed by atoms with van der Waals surface area (Å²) in [6.07, 6.45) is 3.26. The normalized spacial score (nSPS) is 13.8. The maximum Gasteiger partial charge on any atom is 0.326 e. The summed E-state index contributed by atoms with van der Waals surface area (Å²) in [6.45, 7) is 0. The second-order valence-corrected chi connectivity index (χ2v) is 11.0. The van der Waals surface area contributed by atoms with E-state index in [1.165, 1.54) is 23.9 Å². The molecule has 0 radical (unpaired) electrons. The van der Waals surface area contributed by atoms with Crippen molar-refractivity contribution in [3.63, 3.8) is 0 Å². The van der Waals surface area contributed by atoms with Gasteiger partial charge < -0.3 is 42.6 Å². The number of fused-ring (bicyclic) bond motifs is 1. The highest BCUT2D eigenvalue weighted by Gasteiger charge is 2.31. The summed E-state index contributed by atoms with van der Waals surface area (Å²) in [5, 5.41) is 27.9. The van der Waals surface area contributed by atoms with E-state index in [4.69, 9.17) is 11.5 Å². The predicted molar refractivity (Wildman–Crippen MR) is 162 cm³/mol. The standard InChI is InChI=1S/C29H36N6O7S/c1-43-11-10-22(33-26(38)20(30)14-25(31)37)27(39)34-23(13-17-15-32-21-5-3-2-4-19(17)21)28(40)35-24(29(41)42)12-16-6-8-18(36)9-7-16/h2-9,15,20,22-24,32,36H,10-14,30H2,1H3,(H2,31,37)(H,33,38)(H,34,39)(H,35,40)(H,41,42). The minimum atomic E-state index is -1.33. The van der Waals surface area contributed by atoms with Crippen LogP contribution in [0.25, 0.3) is 10.9 Å². The molecule has 3 rings (SSSR count). The van der Waals surface area contributed by atoms with Gasteiger partial charge in [0.05, 0.1) is 12.5 Å². The number of aromatic hydroxyl groups is 1. The van der Waals surface area contributed by atoms with Crippen LogP contribution in [-0.2, 0) is 36.8 Å². The van der Waals surface area contributed by atoms with Crippen LogP contribution in [0.1, 0.15) is 24.0 Å². The van der Waals surface area contributed by atoms with E-state index in [2.05, 4.69) is 20.9 Å². The number of phenols is 1. The molecule has 0 aliphatic carbocycles. The lowest BCUT2D eigenvalue weighted by Crippen LogP contribution is -2.58. The van der Waals surface area contributed by atoms with E-state index in [1.807, 2.05) is 30.5 Å². The lowest BCUT2D eigenvalue weighted by atomic mass is 10.0. The number of aromatic amines is 1. The van der Waals surface area contributed by atoms with Gasteiger partial charge in [-0.15, -0.1) is 0 Å². The van der Waals surface area contributed by atoms with E-state index in [0.717, 1.165) is 10.9 Å².